The standard InChI is InChI=1S/C17H27N3O2/c1-3-22-12-16(21)19-8-6-14(7-9-19)11-20-13(2)10-18-17(20)15-4-5-15/h10,14-15H,3-9,11-12H2,1-2H3. The van der Waals surface area contributed by atoms with Crippen molar-refractivity contribution < 1.29 is 9.53 Å². The summed E-state index contributed by atoms with van der Waals surface area (Å²) < 4.78 is 7.64. The van der Waals surface area contributed by atoms with Gasteiger partial charge in [0, 0.05) is 44.0 Å². The molecule has 122 valence electrons. The molecule has 0 bridgehead atoms. The number of rotatable bonds is 6. The lowest BCUT2D eigenvalue weighted by molar-refractivity contribution is -0.137. The van der Waals surface area contributed by atoms with Crippen LogP contribution in [0, 0.1) is 12.8 Å². The van der Waals surface area contributed by atoms with Crippen molar-refractivity contribution in [2.45, 2.75) is 52.0 Å². The van der Waals surface area contributed by atoms with Gasteiger partial charge in [0.15, 0.2) is 0 Å². The van der Waals surface area contributed by atoms with Gasteiger partial charge < -0.3 is 14.2 Å². The van der Waals surface area contributed by atoms with Crippen molar-refractivity contribution >= 4 is 5.91 Å². The highest BCUT2D eigenvalue weighted by atomic mass is 16.5. The highest BCUT2D eigenvalue weighted by Gasteiger charge is 2.30. The van der Waals surface area contributed by atoms with Crippen LogP contribution in [0.2, 0.25) is 0 Å². The van der Waals surface area contributed by atoms with Gasteiger partial charge in [-0.2, -0.15) is 0 Å². The fourth-order valence-electron chi connectivity index (χ4n) is 3.29. The molecule has 5 heteroatoms. The zero-order valence-electron chi connectivity index (χ0n) is 13.8. The quantitative estimate of drug-likeness (QED) is 0.810. The first-order valence-corrected chi connectivity index (χ1v) is 8.56. The molecule has 1 aromatic heterocycles. The first kappa shape index (κ1) is 15.5. The highest BCUT2D eigenvalue weighted by molar-refractivity contribution is 5.77. The molecular weight excluding hydrogens is 278 g/mol. The van der Waals surface area contributed by atoms with Crippen molar-refractivity contribution in [1.82, 2.24) is 14.5 Å². The van der Waals surface area contributed by atoms with Gasteiger partial charge in [-0.1, -0.05) is 0 Å². The molecule has 1 saturated carbocycles. The van der Waals surface area contributed by atoms with Crippen LogP contribution in [0.1, 0.15) is 50.0 Å². The predicted octanol–water partition coefficient (Wildman–Crippen LogP) is 2.34. The molecule has 2 aliphatic rings. The highest BCUT2D eigenvalue weighted by Crippen LogP contribution is 2.40. The first-order valence-electron chi connectivity index (χ1n) is 8.56. The molecule has 22 heavy (non-hydrogen) atoms. The number of aromatic nitrogens is 2. The molecule has 0 radical (unpaired) electrons. The van der Waals surface area contributed by atoms with E-state index in [1.807, 2.05) is 18.0 Å². The van der Waals surface area contributed by atoms with E-state index < -0.39 is 0 Å². The Hall–Kier alpha value is -1.36. The van der Waals surface area contributed by atoms with Crippen molar-refractivity contribution in [3.05, 3.63) is 17.7 Å². The fraction of sp³-hybridized carbons (Fsp3) is 0.765. The lowest BCUT2D eigenvalue weighted by Gasteiger charge is -2.32. The number of hydrogen-bond acceptors (Lipinski definition) is 3. The van der Waals surface area contributed by atoms with E-state index >= 15 is 0 Å². The zero-order chi connectivity index (χ0) is 15.5. The number of amides is 1. The summed E-state index contributed by atoms with van der Waals surface area (Å²) in [6.07, 6.45) is 6.76. The van der Waals surface area contributed by atoms with E-state index in [9.17, 15) is 4.79 Å². The van der Waals surface area contributed by atoms with Gasteiger partial charge in [-0.05, 0) is 45.4 Å². The molecule has 0 N–H and O–H groups in total. The summed E-state index contributed by atoms with van der Waals surface area (Å²) in [5, 5.41) is 0. The van der Waals surface area contributed by atoms with Crippen LogP contribution in [0.25, 0.3) is 0 Å². The Morgan fingerprint density at radius 1 is 1.32 bits per heavy atom. The Labute approximate surface area is 132 Å². The lowest BCUT2D eigenvalue weighted by atomic mass is 9.96. The minimum atomic E-state index is 0.137. The summed E-state index contributed by atoms with van der Waals surface area (Å²) >= 11 is 0. The van der Waals surface area contributed by atoms with E-state index in [-0.39, 0.29) is 12.5 Å². The van der Waals surface area contributed by atoms with Crippen molar-refractivity contribution in [3.63, 3.8) is 0 Å². The van der Waals surface area contributed by atoms with Gasteiger partial charge in [-0.25, -0.2) is 4.98 Å². The summed E-state index contributed by atoms with van der Waals surface area (Å²) in [6, 6.07) is 0. The van der Waals surface area contributed by atoms with Crippen LogP contribution in [0.15, 0.2) is 6.20 Å². The number of likely N-dealkylation sites (tertiary alicyclic amines) is 1. The Morgan fingerprint density at radius 2 is 2.05 bits per heavy atom. The summed E-state index contributed by atoms with van der Waals surface area (Å²) in [7, 11) is 0. The molecule has 1 aliphatic carbocycles. The van der Waals surface area contributed by atoms with E-state index in [0.29, 0.717) is 18.4 Å². The molecule has 0 spiro atoms. The number of carbonyl (C=O) groups is 1. The Morgan fingerprint density at radius 3 is 2.68 bits per heavy atom. The SMILES string of the molecule is CCOCC(=O)N1CCC(Cn2c(C)cnc2C2CC2)CC1. The molecule has 0 atom stereocenters. The molecule has 1 aliphatic heterocycles. The number of imidazole rings is 1. The minimum Gasteiger partial charge on any atom is -0.372 e. The maximum atomic E-state index is 12.0. The van der Waals surface area contributed by atoms with Crippen LogP contribution >= 0.6 is 0 Å². The summed E-state index contributed by atoms with van der Waals surface area (Å²) in [5.74, 6) is 2.77. The van der Waals surface area contributed by atoms with Crippen LogP contribution in [-0.2, 0) is 16.1 Å². The Bertz CT molecular complexity index is 514. The fourth-order valence-corrected chi connectivity index (χ4v) is 3.29. The lowest BCUT2D eigenvalue weighted by Crippen LogP contribution is -2.41. The van der Waals surface area contributed by atoms with Crippen molar-refractivity contribution in [2.24, 2.45) is 5.92 Å². The molecule has 1 aromatic rings. The molecule has 2 fully saturated rings. The van der Waals surface area contributed by atoms with Crippen molar-refractivity contribution in [2.75, 3.05) is 26.3 Å². The second-order valence-corrected chi connectivity index (χ2v) is 6.60. The van der Waals surface area contributed by atoms with E-state index in [2.05, 4.69) is 16.5 Å². The number of nitrogens with zero attached hydrogens (tertiary/aromatic N) is 3. The largest absolute Gasteiger partial charge is 0.372 e. The summed E-state index contributed by atoms with van der Waals surface area (Å²) in [6.45, 7) is 7.70. The molecule has 1 amide bonds. The molecule has 0 unspecified atom stereocenters. The van der Waals surface area contributed by atoms with Gasteiger partial charge in [-0.15, -0.1) is 0 Å². The average molecular weight is 305 g/mol. The van der Waals surface area contributed by atoms with Crippen molar-refractivity contribution in [3.8, 4) is 0 Å². The first-order chi connectivity index (χ1) is 10.7. The number of carbonyl (C=O) groups excluding carboxylic acids is 1. The molecule has 0 aromatic carbocycles. The molecule has 1 saturated heterocycles. The van der Waals surface area contributed by atoms with Gasteiger partial charge in [0.05, 0.1) is 0 Å². The smallest absolute Gasteiger partial charge is 0.248 e. The maximum Gasteiger partial charge on any atom is 0.248 e. The average Bonchev–Trinajstić information content (AvgIpc) is 3.31. The molecule has 5 nitrogen and oxygen atoms in total. The normalized spacial score (nSPS) is 19.6. The van der Waals surface area contributed by atoms with Crippen LogP contribution in [0.3, 0.4) is 0 Å². The van der Waals surface area contributed by atoms with E-state index in [1.54, 1.807) is 0 Å². The molecule has 2 heterocycles. The third kappa shape index (κ3) is 3.51. The topological polar surface area (TPSA) is 47.4 Å². The van der Waals surface area contributed by atoms with Crippen LogP contribution in [0.5, 0.6) is 0 Å². The number of hydrogen-bond donors (Lipinski definition) is 0. The molecule has 3 rings (SSSR count). The van der Waals surface area contributed by atoms with Gasteiger partial charge in [0.1, 0.15) is 12.4 Å². The molecular formula is C17H27N3O2. The Kier molecular flexibility index (Phi) is 4.81. The summed E-state index contributed by atoms with van der Waals surface area (Å²) in [4.78, 5) is 18.5. The number of aryl methyl sites for hydroxylation is 1. The second kappa shape index (κ2) is 6.82. The van der Waals surface area contributed by atoms with Crippen molar-refractivity contribution in [1.29, 1.82) is 0 Å². The summed E-state index contributed by atoms with van der Waals surface area (Å²) in [5.41, 5.74) is 1.27. The number of ether oxygens (including phenoxy) is 1. The Balaban J connectivity index is 1.52. The monoisotopic (exact) mass is 305 g/mol. The maximum absolute atomic E-state index is 12.0. The van der Waals surface area contributed by atoms with Gasteiger partial charge >= 0.3 is 0 Å². The third-order valence-corrected chi connectivity index (χ3v) is 4.87. The van der Waals surface area contributed by atoms with Gasteiger partial charge in [-0.3, -0.25) is 4.79 Å². The zero-order valence-corrected chi connectivity index (χ0v) is 13.8. The van der Waals surface area contributed by atoms with Gasteiger partial charge in [0.25, 0.3) is 0 Å². The van der Waals surface area contributed by atoms with Gasteiger partial charge in [0.2, 0.25) is 5.91 Å². The second-order valence-electron chi connectivity index (χ2n) is 6.60. The van der Waals surface area contributed by atoms with E-state index in [4.69, 9.17) is 4.74 Å². The van der Waals surface area contributed by atoms with E-state index in [0.717, 1.165) is 32.5 Å². The predicted molar refractivity (Wildman–Crippen MR) is 84.7 cm³/mol. The number of piperidine rings is 1. The van der Waals surface area contributed by atoms with E-state index in [1.165, 1.54) is 24.4 Å². The third-order valence-electron chi connectivity index (χ3n) is 4.87. The van der Waals surface area contributed by atoms with Crippen LogP contribution < -0.4 is 0 Å². The van der Waals surface area contributed by atoms with Crippen LogP contribution in [0.4, 0.5) is 0 Å². The minimum absolute atomic E-state index is 0.137. The van der Waals surface area contributed by atoms with Crippen LogP contribution in [-0.4, -0.2) is 46.7 Å².